The van der Waals surface area contributed by atoms with Crippen LogP contribution >= 0.6 is 0 Å². The van der Waals surface area contributed by atoms with Gasteiger partial charge in [-0.25, -0.2) is 13.2 Å². The number of hydrogen-bond acceptors (Lipinski definition) is 6. The molecule has 0 fully saturated rings. The molecule has 1 amide bonds. The van der Waals surface area contributed by atoms with Crippen LogP contribution in [0.15, 0.2) is 53.4 Å². The zero-order valence-electron chi connectivity index (χ0n) is 18.0. The van der Waals surface area contributed by atoms with E-state index in [2.05, 4.69) is 10.0 Å². The van der Waals surface area contributed by atoms with Gasteiger partial charge in [0, 0.05) is 6.54 Å². The zero-order valence-corrected chi connectivity index (χ0v) is 18.9. The highest BCUT2D eigenvalue weighted by Gasteiger charge is 2.23. The first kappa shape index (κ1) is 24.2. The lowest BCUT2D eigenvalue weighted by atomic mass is 10.2. The number of hydrogen-bond donors (Lipinski definition) is 2. The number of nitrogens with one attached hydrogen (secondary N) is 2. The Kier molecular flexibility index (Phi) is 8.44. The number of para-hydroxylation sites is 1. The number of anilines is 1. The third-order valence-electron chi connectivity index (χ3n) is 4.17. The minimum Gasteiger partial charge on any atom is -0.494 e. The fraction of sp³-hybridized carbons (Fsp3) is 0.364. The van der Waals surface area contributed by atoms with Crippen molar-refractivity contribution in [1.82, 2.24) is 5.32 Å². The standard InChI is InChI=1S/C22H28N2O6S/c1-5-29-17-10-12-18(13-11-17)31(27,28)24-20-9-7-6-8-19(20)22(26)30-16(4)21(25)23-14-15(2)3/h6-13,15-16,24H,5,14H2,1-4H3,(H,23,25). The molecule has 2 N–H and O–H groups in total. The minimum absolute atomic E-state index is 0.000482. The van der Waals surface area contributed by atoms with Gasteiger partial charge in [-0.1, -0.05) is 26.0 Å². The monoisotopic (exact) mass is 448 g/mol. The van der Waals surface area contributed by atoms with Gasteiger partial charge in [-0.3, -0.25) is 9.52 Å². The molecule has 9 heteroatoms. The summed E-state index contributed by atoms with van der Waals surface area (Å²) in [6.45, 7) is 8.11. The average molecular weight is 449 g/mol. The van der Waals surface area contributed by atoms with E-state index >= 15 is 0 Å². The fourth-order valence-corrected chi connectivity index (χ4v) is 3.64. The van der Waals surface area contributed by atoms with Gasteiger partial charge in [0.15, 0.2) is 6.10 Å². The molecule has 0 aliphatic heterocycles. The van der Waals surface area contributed by atoms with E-state index in [-0.39, 0.29) is 22.1 Å². The van der Waals surface area contributed by atoms with Crippen molar-refractivity contribution in [2.24, 2.45) is 5.92 Å². The lowest BCUT2D eigenvalue weighted by Crippen LogP contribution is -2.37. The summed E-state index contributed by atoms with van der Waals surface area (Å²) >= 11 is 0. The maximum atomic E-state index is 12.8. The highest BCUT2D eigenvalue weighted by molar-refractivity contribution is 7.92. The lowest BCUT2D eigenvalue weighted by Gasteiger charge is -2.16. The second-order valence-corrected chi connectivity index (χ2v) is 8.92. The van der Waals surface area contributed by atoms with Crippen molar-refractivity contribution in [1.29, 1.82) is 0 Å². The summed E-state index contributed by atoms with van der Waals surface area (Å²) in [6, 6.07) is 12.0. The molecule has 0 aliphatic rings. The fourth-order valence-electron chi connectivity index (χ4n) is 2.56. The molecule has 0 saturated heterocycles. The van der Waals surface area contributed by atoms with Crippen molar-refractivity contribution in [2.75, 3.05) is 17.9 Å². The number of rotatable bonds is 10. The first-order valence-corrected chi connectivity index (χ1v) is 11.5. The van der Waals surface area contributed by atoms with E-state index in [1.165, 1.54) is 31.2 Å². The maximum Gasteiger partial charge on any atom is 0.341 e. The van der Waals surface area contributed by atoms with Crippen molar-refractivity contribution in [3.63, 3.8) is 0 Å². The number of carbonyl (C=O) groups excluding carboxylic acids is 2. The van der Waals surface area contributed by atoms with Crippen LogP contribution in [0, 0.1) is 5.92 Å². The predicted molar refractivity (Wildman–Crippen MR) is 118 cm³/mol. The third kappa shape index (κ3) is 6.99. The molecule has 0 bridgehead atoms. The molecule has 0 aromatic heterocycles. The van der Waals surface area contributed by atoms with Crippen LogP contribution in [0.2, 0.25) is 0 Å². The number of ether oxygens (including phenoxy) is 2. The Morgan fingerprint density at radius 3 is 2.26 bits per heavy atom. The van der Waals surface area contributed by atoms with E-state index in [1.54, 1.807) is 24.3 Å². The Bertz CT molecular complexity index is 1000. The van der Waals surface area contributed by atoms with E-state index in [1.807, 2.05) is 20.8 Å². The molecule has 2 aromatic rings. The second kappa shape index (κ2) is 10.8. The molecule has 0 saturated carbocycles. The molecule has 0 spiro atoms. The Morgan fingerprint density at radius 1 is 1.00 bits per heavy atom. The van der Waals surface area contributed by atoms with Crippen molar-refractivity contribution in [3.05, 3.63) is 54.1 Å². The van der Waals surface area contributed by atoms with Crippen LogP contribution in [0.1, 0.15) is 38.1 Å². The van der Waals surface area contributed by atoms with Crippen LogP contribution in [0.5, 0.6) is 5.75 Å². The summed E-state index contributed by atoms with van der Waals surface area (Å²) in [5, 5.41) is 2.69. The molecule has 8 nitrogen and oxygen atoms in total. The van der Waals surface area contributed by atoms with Gasteiger partial charge in [0.25, 0.3) is 15.9 Å². The van der Waals surface area contributed by atoms with Gasteiger partial charge in [-0.2, -0.15) is 0 Å². The maximum absolute atomic E-state index is 12.8. The molecular weight excluding hydrogens is 420 g/mol. The minimum atomic E-state index is -3.96. The number of sulfonamides is 1. The van der Waals surface area contributed by atoms with Crippen LogP contribution < -0.4 is 14.8 Å². The Balaban J connectivity index is 2.15. The smallest absolute Gasteiger partial charge is 0.341 e. The van der Waals surface area contributed by atoms with E-state index in [0.717, 1.165) is 0 Å². The van der Waals surface area contributed by atoms with E-state index in [0.29, 0.717) is 18.9 Å². The van der Waals surface area contributed by atoms with Gasteiger partial charge < -0.3 is 14.8 Å². The summed E-state index contributed by atoms with van der Waals surface area (Å²) in [5.74, 6) is -0.425. The first-order chi connectivity index (χ1) is 14.6. The average Bonchev–Trinajstić information content (AvgIpc) is 2.72. The van der Waals surface area contributed by atoms with E-state index in [4.69, 9.17) is 9.47 Å². The van der Waals surface area contributed by atoms with Gasteiger partial charge in [-0.05, 0) is 56.2 Å². The van der Waals surface area contributed by atoms with Crippen LogP contribution in [0.3, 0.4) is 0 Å². The van der Waals surface area contributed by atoms with E-state index in [9.17, 15) is 18.0 Å². The normalized spacial score (nSPS) is 12.2. The molecule has 2 rings (SSSR count). The quantitative estimate of drug-likeness (QED) is 0.540. The SMILES string of the molecule is CCOc1ccc(S(=O)(=O)Nc2ccccc2C(=O)OC(C)C(=O)NCC(C)C)cc1. The summed E-state index contributed by atoms with van der Waals surface area (Å²) in [5.41, 5.74) is 0.0525. The Morgan fingerprint density at radius 2 is 1.65 bits per heavy atom. The molecule has 0 heterocycles. The molecule has 0 radical (unpaired) electrons. The van der Waals surface area contributed by atoms with Crippen molar-refractivity contribution >= 4 is 27.6 Å². The first-order valence-electron chi connectivity index (χ1n) is 9.97. The number of benzene rings is 2. The van der Waals surface area contributed by atoms with Gasteiger partial charge in [0.2, 0.25) is 0 Å². The van der Waals surface area contributed by atoms with Crippen LogP contribution in [0.4, 0.5) is 5.69 Å². The molecule has 1 unspecified atom stereocenters. The van der Waals surface area contributed by atoms with Gasteiger partial charge in [0.05, 0.1) is 22.8 Å². The summed E-state index contributed by atoms with van der Waals surface area (Å²) in [7, 11) is -3.96. The third-order valence-corrected chi connectivity index (χ3v) is 5.56. The molecule has 168 valence electrons. The molecule has 31 heavy (non-hydrogen) atoms. The van der Waals surface area contributed by atoms with Crippen molar-refractivity contribution < 1.29 is 27.5 Å². The van der Waals surface area contributed by atoms with Crippen molar-refractivity contribution in [2.45, 2.75) is 38.7 Å². The van der Waals surface area contributed by atoms with Crippen LogP contribution in [0.25, 0.3) is 0 Å². The topological polar surface area (TPSA) is 111 Å². The van der Waals surface area contributed by atoms with Gasteiger partial charge in [0.1, 0.15) is 5.75 Å². The number of esters is 1. The Hall–Kier alpha value is -3.07. The van der Waals surface area contributed by atoms with Crippen molar-refractivity contribution in [3.8, 4) is 5.75 Å². The zero-order chi connectivity index (χ0) is 23.0. The summed E-state index contributed by atoms with van der Waals surface area (Å²) in [4.78, 5) is 24.7. The van der Waals surface area contributed by atoms with Crippen LogP contribution in [-0.2, 0) is 19.6 Å². The number of carbonyl (C=O) groups is 2. The Labute approximate surface area is 183 Å². The second-order valence-electron chi connectivity index (χ2n) is 7.24. The highest BCUT2D eigenvalue weighted by atomic mass is 32.2. The van der Waals surface area contributed by atoms with E-state index < -0.39 is 28.0 Å². The predicted octanol–water partition coefficient (Wildman–Crippen LogP) is 3.20. The number of amides is 1. The largest absolute Gasteiger partial charge is 0.494 e. The molecule has 0 aliphatic carbocycles. The highest BCUT2D eigenvalue weighted by Crippen LogP contribution is 2.23. The molecule has 1 atom stereocenters. The van der Waals surface area contributed by atoms with Gasteiger partial charge >= 0.3 is 5.97 Å². The lowest BCUT2D eigenvalue weighted by molar-refractivity contribution is -0.129. The molecular formula is C22H28N2O6S. The molecule has 2 aromatic carbocycles. The van der Waals surface area contributed by atoms with Gasteiger partial charge in [-0.15, -0.1) is 0 Å². The van der Waals surface area contributed by atoms with Crippen LogP contribution in [-0.4, -0.2) is 39.5 Å². The summed E-state index contributed by atoms with van der Waals surface area (Å²) in [6.07, 6.45) is -1.03. The summed E-state index contributed by atoms with van der Waals surface area (Å²) < 4.78 is 38.5.